The summed E-state index contributed by atoms with van der Waals surface area (Å²) < 4.78 is 5.50. The topological polar surface area (TPSA) is 95.9 Å². The van der Waals surface area contributed by atoms with Gasteiger partial charge in [0.1, 0.15) is 0 Å². The Morgan fingerprint density at radius 1 is 0.341 bits per heavy atom. The van der Waals surface area contributed by atoms with Crippen molar-refractivity contribution >= 4 is 11.9 Å². The molecule has 0 aliphatic carbocycles. The van der Waals surface area contributed by atoms with Crippen molar-refractivity contribution in [2.24, 2.45) is 0 Å². The minimum Gasteiger partial charge on any atom is -0.466 e. The molecule has 0 aliphatic heterocycles. The number of nitrogens with one attached hydrogen (secondary N) is 1. The normalized spacial score (nSPS) is 12.9. The van der Waals surface area contributed by atoms with Gasteiger partial charge in [0, 0.05) is 12.8 Å². The summed E-state index contributed by atoms with van der Waals surface area (Å²) in [5.74, 6) is -0.0665. The highest BCUT2D eigenvalue weighted by atomic mass is 16.5. The van der Waals surface area contributed by atoms with E-state index in [1.54, 1.807) is 6.08 Å². The molecule has 0 saturated carbocycles. The third-order valence-electron chi connectivity index (χ3n) is 16.8. The van der Waals surface area contributed by atoms with Gasteiger partial charge >= 0.3 is 5.97 Å². The number of esters is 1. The third-order valence-corrected chi connectivity index (χ3v) is 16.8. The Bertz CT molecular complexity index is 1420. The Labute approximate surface area is 511 Å². The highest BCUT2D eigenvalue weighted by molar-refractivity contribution is 5.76. The standard InChI is InChI=1S/C76H141NO5/c1-3-5-7-9-11-13-15-17-19-21-23-29-33-36-40-44-48-52-56-60-64-68-74(79)73(72-78)77-75(80)69-65-61-57-53-49-45-41-37-34-30-27-25-24-26-28-31-35-39-43-47-51-55-59-63-67-71-82-76(81)70-66-62-58-54-50-46-42-38-32-22-20-18-16-14-12-10-8-6-4-2/h12,14,18,20,25-28,64,68,73-74,78-79H,3-11,13,15-17,19,21-24,29-63,65-67,69-72H2,1-2H3,(H,77,80)/b14-12-,20-18-,27-25-,28-26-,68-64+. The molecule has 0 aromatic heterocycles. The molecule has 0 bridgehead atoms. The number of hydrogen-bond acceptors (Lipinski definition) is 5. The number of carbonyl (C=O) groups excluding carboxylic acids is 2. The quantitative estimate of drug-likeness (QED) is 0.0320. The van der Waals surface area contributed by atoms with Crippen molar-refractivity contribution in [3.05, 3.63) is 60.8 Å². The molecule has 0 saturated heterocycles. The van der Waals surface area contributed by atoms with Gasteiger partial charge in [-0.1, -0.05) is 338 Å². The van der Waals surface area contributed by atoms with Gasteiger partial charge in [-0.15, -0.1) is 0 Å². The summed E-state index contributed by atoms with van der Waals surface area (Å²) >= 11 is 0. The monoisotopic (exact) mass is 1150 g/mol. The van der Waals surface area contributed by atoms with Crippen molar-refractivity contribution in [1.82, 2.24) is 5.32 Å². The molecule has 0 aromatic carbocycles. The molecule has 82 heavy (non-hydrogen) atoms. The fourth-order valence-corrected chi connectivity index (χ4v) is 11.2. The highest BCUT2D eigenvalue weighted by Gasteiger charge is 2.18. The molecule has 0 aromatic rings. The second-order valence-electron chi connectivity index (χ2n) is 24.9. The molecule has 0 radical (unpaired) electrons. The first-order valence-electron chi connectivity index (χ1n) is 36.6. The van der Waals surface area contributed by atoms with Crippen LogP contribution in [-0.4, -0.2) is 47.4 Å². The Morgan fingerprint density at radius 3 is 0.951 bits per heavy atom. The van der Waals surface area contributed by atoms with Gasteiger partial charge in [0.05, 0.1) is 25.4 Å². The lowest BCUT2D eigenvalue weighted by atomic mass is 10.0. The zero-order valence-electron chi connectivity index (χ0n) is 55.0. The summed E-state index contributed by atoms with van der Waals surface area (Å²) in [5, 5.41) is 23.2. The van der Waals surface area contributed by atoms with Crippen LogP contribution >= 0.6 is 0 Å². The van der Waals surface area contributed by atoms with E-state index in [2.05, 4.69) is 67.8 Å². The van der Waals surface area contributed by atoms with Crippen LogP contribution < -0.4 is 5.32 Å². The van der Waals surface area contributed by atoms with E-state index in [0.717, 1.165) is 57.8 Å². The van der Waals surface area contributed by atoms with E-state index >= 15 is 0 Å². The Morgan fingerprint density at radius 2 is 0.610 bits per heavy atom. The van der Waals surface area contributed by atoms with Crippen molar-refractivity contribution in [3.8, 4) is 0 Å². The number of ether oxygens (including phenoxy) is 1. The number of amides is 1. The summed E-state index contributed by atoms with van der Waals surface area (Å²) in [7, 11) is 0. The van der Waals surface area contributed by atoms with E-state index in [-0.39, 0.29) is 18.5 Å². The van der Waals surface area contributed by atoms with Crippen molar-refractivity contribution in [3.63, 3.8) is 0 Å². The van der Waals surface area contributed by atoms with E-state index in [9.17, 15) is 19.8 Å². The largest absolute Gasteiger partial charge is 0.466 e. The third kappa shape index (κ3) is 66.7. The van der Waals surface area contributed by atoms with Crippen LogP contribution in [0.4, 0.5) is 0 Å². The van der Waals surface area contributed by atoms with Crippen LogP contribution in [0, 0.1) is 0 Å². The molecule has 0 aliphatic rings. The molecule has 0 spiro atoms. The van der Waals surface area contributed by atoms with Gasteiger partial charge in [0.2, 0.25) is 5.91 Å². The lowest BCUT2D eigenvalue weighted by Crippen LogP contribution is -2.45. The second kappa shape index (κ2) is 71.0. The van der Waals surface area contributed by atoms with Gasteiger partial charge in [0.25, 0.3) is 0 Å². The first-order valence-corrected chi connectivity index (χ1v) is 36.6. The number of carbonyl (C=O) groups is 2. The summed E-state index contributed by atoms with van der Waals surface area (Å²) in [6.07, 6.45) is 94.4. The molecule has 6 nitrogen and oxygen atoms in total. The number of aliphatic hydroxyl groups excluding tert-OH is 2. The maximum Gasteiger partial charge on any atom is 0.305 e. The van der Waals surface area contributed by atoms with Crippen LogP contribution in [0.15, 0.2) is 60.8 Å². The van der Waals surface area contributed by atoms with E-state index in [4.69, 9.17) is 4.74 Å². The summed E-state index contributed by atoms with van der Waals surface area (Å²) in [5.41, 5.74) is 0. The first kappa shape index (κ1) is 79.6. The fourth-order valence-electron chi connectivity index (χ4n) is 11.2. The first-order chi connectivity index (χ1) is 40.5. The van der Waals surface area contributed by atoms with Gasteiger partial charge in [-0.2, -0.15) is 0 Å². The average Bonchev–Trinajstić information content (AvgIpc) is 3.48. The van der Waals surface area contributed by atoms with Crippen LogP contribution in [0.5, 0.6) is 0 Å². The van der Waals surface area contributed by atoms with Gasteiger partial charge in [-0.05, 0) is 96.3 Å². The molecular formula is C76H141NO5. The average molecular weight is 1150 g/mol. The maximum atomic E-state index is 12.5. The number of hydrogen-bond donors (Lipinski definition) is 3. The van der Waals surface area contributed by atoms with Gasteiger partial charge in [0.15, 0.2) is 0 Å². The van der Waals surface area contributed by atoms with Crippen molar-refractivity contribution < 1.29 is 24.5 Å². The Kier molecular flexibility index (Phi) is 68.9. The Hall–Kier alpha value is -2.44. The second-order valence-corrected chi connectivity index (χ2v) is 24.9. The van der Waals surface area contributed by atoms with Crippen LogP contribution in [0.1, 0.15) is 386 Å². The highest BCUT2D eigenvalue weighted by Crippen LogP contribution is 2.18. The SMILES string of the molecule is CCCCC/C=C\C/C=C\CCCCCCCCCCCC(=O)OCCCCCCCCCCC/C=C\C/C=C\CCCCCCCCCCCC(=O)NC(CO)C(O)/C=C/CCCCCCCCCCCCCCCCCCCCC. The number of allylic oxidation sites excluding steroid dienone is 9. The lowest BCUT2D eigenvalue weighted by Gasteiger charge is -2.20. The Balaban J connectivity index is 3.45. The molecule has 0 rings (SSSR count). The summed E-state index contributed by atoms with van der Waals surface area (Å²) in [6, 6.07) is -0.635. The summed E-state index contributed by atoms with van der Waals surface area (Å²) in [6.45, 7) is 4.90. The predicted molar refractivity (Wildman–Crippen MR) is 361 cm³/mol. The van der Waals surface area contributed by atoms with Crippen molar-refractivity contribution in [1.29, 1.82) is 0 Å². The van der Waals surface area contributed by atoms with Gasteiger partial charge < -0.3 is 20.3 Å². The van der Waals surface area contributed by atoms with E-state index < -0.39 is 12.1 Å². The van der Waals surface area contributed by atoms with E-state index in [0.29, 0.717) is 19.4 Å². The van der Waals surface area contributed by atoms with Crippen LogP contribution in [-0.2, 0) is 14.3 Å². The fraction of sp³-hybridized carbons (Fsp3) is 0.842. The molecule has 6 heteroatoms. The van der Waals surface area contributed by atoms with E-state index in [1.807, 2.05) is 6.08 Å². The smallest absolute Gasteiger partial charge is 0.305 e. The number of aliphatic hydroxyl groups is 2. The number of rotatable bonds is 68. The lowest BCUT2D eigenvalue weighted by molar-refractivity contribution is -0.143. The molecule has 480 valence electrons. The van der Waals surface area contributed by atoms with Crippen LogP contribution in [0.2, 0.25) is 0 Å². The zero-order valence-corrected chi connectivity index (χ0v) is 55.0. The molecule has 0 heterocycles. The number of unbranched alkanes of at least 4 members (excludes halogenated alkanes) is 49. The molecule has 2 atom stereocenters. The molecule has 0 fully saturated rings. The van der Waals surface area contributed by atoms with Gasteiger partial charge in [-0.3, -0.25) is 9.59 Å². The van der Waals surface area contributed by atoms with Gasteiger partial charge in [-0.25, -0.2) is 0 Å². The molecular weight excluding hydrogens is 1010 g/mol. The van der Waals surface area contributed by atoms with Crippen molar-refractivity contribution in [2.75, 3.05) is 13.2 Å². The molecule has 1 amide bonds. The minimum atomic E-state index is -0.851. The van der Waals surface area contributed by atoms with E-state index in [1.165, 1.54) is 302 Å². The molecule has 3 N–H and O–H groups in total. The van der Waals surface area contributed by atoms with Crippen molar-refractivity contribution in [2.45, 2.75) is 398 Å². The molecule has 2 unspecified atom stereocenters. The van der Waals surface area contributed by atoms with Crippen LogP contribution in [0.3, 0.4) is 0 Å². The maximum absolute atomic E-state index is 12.5. The summed E-state index contributed by atoms with van der Waals surface area (Å²) in [4.78, 5) is 24.6. The minimum absolute atomic E-state index is 0.00488. The van der Waals surface area contributed by atoms with Crippen LogP contribution in [0.25, 0.3) is 0 Å². The zero-order chi connectivity index (χ0) is 59.2. The predicted octanol–water partition coefficient (Wildman–Crippen LogP) is 23.8.